The highest BCUT2D eigenvalue weighted by molar-refractivity contribution is 5.88. The second-order valence-corrected chi connectivity index (χ2v) is 4.15. The molecule has 0 atom stereocenters. The smallest absolute Gasteiger partial charge is 0.405 e. The van der Waals surface area contributed by atoms with Crippen molar-refractivity contribution >= 4 is 12.0 Å². The standard InChI is InChI=1S/C14H11F3N2O2/c1-19-12(9-11(18-19)14(15,16)17)21-13(20)8-7-10-5-3-2-4-6-10/h2-9H,1H3. The topological polar surface area (TPSA) is 44.1 Å². The van der Waals surface area contributed by atoms with Gasteiger partial charge in [0.25, 0.3) is 0 Å². The third kappa shape index (κ3) is 3.95. The molecular weight excluding hydrogens is 285 g/mol. The van der Waals surface area contributed by atoms with Gasteiger partial charge in [-0.25, -0.2) is 9.48 Å². The van der Waals surface area contributed by atoms with E-state index in [9.17, 15) is 18.0 Å². The fraction of sp³-hybridized carbons (Fsp3) is 0.143. The number of nitrogens with zero attached hydrogens (tertiary/aromatic N) is 2. The zero-order valence-corrected chi connectivity index (χ0v) is 11.0. The molecule has 1 aromatic carbocycles. The van der Waals surface area contributed by atoms with Crippen molar-refractivity contribution in [2.24, 2.45) is 7.05 Å². The number of benzene rings is 1. The van der Waals surface area contributed by atoms with Crippen LogP contribution in [0.3, 0.4) is 0 Å². The van der Waals surface area contributed by atoms with Crippen molar-refractivity contribution in [3.05, 3.63) is 53.7 Å². The van der Waals surface area contributed by atoms with Gasteiger partial charge in [0, 0.05) is 19.2 Å². The van der Waals surface area contributed by atoms with Gasteiger partial charge in [-0.1, -0.05) is 30.3 Å². The predicted molar refractivity (Wildman–Crippen MR) is 69.3 cm³/mol. The maximum Gasteiger partial charge on any atom is 0.435 e. The van der Waals surface area contributed by atoms with Crippen LogP contribution in [0.5, 0.6) is 5.88 Å². The Morgan fingerprint density at radius 2 is 1.95 bits per heavy atom. The average Bonchev–Trinajstić information content (AvgIpc) is 2.79. The van der Waals surface area contributed by atoms with Crippen molar-refractivity contribution < 1.29 is 22.7 Å². The molecule has 0 fully saturated rings. The number of rotatable bonds is 3. The Bertz CT molecular complexity index is 661. The normalized spacial score (nSPS) is 11.8. The summed E-state index contributed by atoms with van der Waals surface area (Å²) in [4.78, 5) is 11.6. The Balaban J connectivity index is 2.07. The van der Waals surface area contributed by atoms with Gasteiger partial charge >= 0.3 is 12.1 Å². The molecule has 0 aliphatic heterocycles. The van der Waals surface area contributed by atoms with Gasteiger partial charge in [0.2, 0.25) is 5.88 Å². The number of halogens is 3. The summed E-state index contributed by atoms with van der Waals surface area (Å²) >= 11 is 0. The Morgan fingerprint density at radius 3 is 2.52 bits per heavy atom. The highest BCUT2D eigenvalue weighted by atomic mass is 19.4. The summed E-state index contributed by atoms with van der Waals surface area (Å²) < 4.78 is 43.0. The third-order valence-electron chi connectivity index (χ3n) is 2.54. The number of carbonyl (C=O) groups excluding carboxylic acids is 1. The molecule has 21 heavy (non-hydrogen) atoms. The van der Waals surface area contributed by atoms with E-state index in [1.165, 1.54) is 13.1 Å². The Kier molecular flexibility index (Phi) is 4.11. The van der Waals surface area contributed by atoms with E-state index < -0.39 is 17.8 Å². The van der Waals surface area contributed by atoms with Crippen LogP contribution in [-0.2, 0) is 18.0 Å². The van der Waals surface area contributed by atoms with E-state index >= 15 is 0 Å². The molecule has 0 N–H and O–H groups in total. The summed E-state index contributed by atoms with van der Waals surface area (Å²) in [6.07, 6.45) is -1.94. The number of esters is 1. The highest BCUT2D eigenvalue weighted by Gasteiger charge is 2.35. The van der Waals surface area contributed by atoms with Crippen LogP contribution in [0.2, 0.25) is 0 Å². The summed E-state index contributed by atoms with van der Waals surface area (Å²) in [5.41, 5.74) is -0.338. The Morgan fingerprint density at radius 1 is 1.29 bits per heavy atom. The first-order valence-electron chi connectivity index (χ1n) is 5.92. The minimum Gasteiger partial charge on any atom is -0.405 e. The Hall–Kier alpha value is -2.57. The largest absolute Gasteiger partial charge is 0.435 e. The molecule has 0 unspecified atom stereocenters. The molecule has 0 saturated carbocycles. The molecule has 0 amide bonds. The van der Waals surface area contributed by atoms with Crippen molar-refractivity contribution in [2.45, 2.75) is 6.18 Å². The van der Waals surface area contributed by atoms with Crippen LogP contribution >= 0.6 is 0 Å². The minimum atomic E-state index is -4.58. The van der Waals surface area contributed by atoms with E-state index in [0.717, 1.165) is 16.3 Å². The van der Waals surface area contributed by atoms with E-state index in [2.05, 4.69) is 5.10 Å². The summed E-state index contributed by atoms with van der Waals surface area (Å²) in [6.45, 7) is 0. The molecule has 1 heterocycles. The molecule has 7 heteroatoms. The zero-order chi connectivity index (χ0) is 15.5. The number of hydrogen-bond donors (Lipinski definition) is 0. The average molecular weight is 296 g/mol. The Labute approximate surface area is 118 Å². The first-order valence-corrected chi connectivity index (χ1v) is 5.92. The van der Waals surface area contributed by atoms with Crippen molar-refractivity contribution in [3.8, 4) is 5.88 Å². The van der Waals surface area contributed by atoms with Crippen LogP contribution < -0.4 is 4.74 Å². The van der Waals surface area contributed by atoms with Crippen LogP contribution in [0, 0.1) is 0 Å². The second-order valence-electron chi connectivity index (χ2n) is 4.15. The lowest BCUT2D eigenvalue weighted by Crippen LogP contribution is -2.07. The maximum absolute atomic E-state index is 12.5. The van der Waals surface area contributed by atoms with Gasteiger partial charge < -0.3 is 4.74 Å². The molecule has 0 saturated heterocycles. The summed E-state index contributed by atoms with van der Waals surface area (Å²) in [7, 11) is 1.26. The molecule has 0 bridgehead atoms. The monoisotopic (exact) mass is 296 g/mol. The number of carbonyl (C=O) groups is 1. The molecule has 2 rings (SSSR count). The number of hydrogen-bond acceptors (Lipinski definition) is 3. The van der Waals surface area contributed by atoms with Crippen LogP contribution in [0.25, 0.3) is 6.08 Å². The number of aryl methyl sites for hydroxylation is 1. The van der Waals surface area contributed by atoms with Gasteiger partial charge in [-0.05, 0) is 11.6 Å². The lowest BCUT2D eigenvalue weighted by molar-refractivity contribution is -0.141. The van der Waals surface area contributed by atoms with Gasteiger partial charge in [-0.15, -0.1) is 0 Å². The van der Waals surface area contributed by atoms with Gasteiger partial charge in [-0.2, -0.15) is 18.3 Å². The molecular formula is C14H11F3N2O2. The van der Waals surface area contributed by atoms with Crippen LogP contribution in [0.15, 0.2) is 42.5 Å². The predicted octanol–water partition coefficient (Wildman–Crippen LogP) is 3.06. The molecule has 2 aromatic rings. The van der Waals surface area contributed by atoms with E-state index in [1.54, 1.807) is 24.3 Å². The van der Waals surface area contributed by atoms with Gasteiger partial charge in [-0.3, -0.25) is 0 Å². The van der Waals surface area contributed by atoms with Crippen LogP contribution in [0.1, 0.15) is 11.3 Å². The fourth-order valence-corrected chi connectivity index (χ4v) is 1.55. The van der Waals surface area contributed by atoms with E-state index in [0.29, 0.717) is 6.07 Å². The maximum atomic E-state index is 12.5. The molecule has 0 aliphatic carbocycles. The summed E-state index contributed by atoms with van der Waals surface area (Å²) in [5.74, 6) is -1.05. The van der Waals surface area contributed by atoms with Crippen molar-refractivity contribution in [2.75, 3.05) is 0 Å². The van der Waals surface area contributed by atoms with E-state index in [1.807, 2.05) is 6.07 Å². The quantitative estimate of drug-likeness (QED) is 0.646. The molecule has 1 aromatic heterocycles. The van der Waals surface area contributed by atoms with Crippen LogP contribution in [-0.4, -0.2) is 15.7 Å². The highest BCUT2D eigenvalue weighted by Crippen LogP contribution is 2.30. The van der Waals surface area contributed by atoms with Gasteiger partial charge in [0.15, 0.2) is 5.69 Å². The van der Waals surface area contributed by atoms with E-state index in [4.69, 9.17) is 4.74 Å². The van der Waals surface area contributed by atoms with Crippen molar-refractivity contribution in [3.63, 3.8) is 0 Å². The summed E-state index contributed by atoms with van der Waals surface area (Å²) in [6, 6.07) is 9.63. The minimum absolute atomic E-state index is 0.273. The number of ether oxygens (including phenoxy) is 1. The number of alkyl halides is 3. The lowest BCUT2D eigenvalue weighted by Gasteiger charge is -2.00. The van der Waals surface area contributed by atoms with Crippen molar-refractivity contribution in [1.29, 1.82) is 0 Å². The molecule has 4 nitrogen and oxygen atoms in total. The lowest BCUT2D eigenvalue weighted by atomic mass is 10.2. The molecule has 110 valence electrons. The third-order valence-corrected chi connectivity index (χ3v) is 2.54. The molecule has 0 radical (unpaired) electrons. The van der Waals surface area contributed by atoms with Crippen molar-refractivity contribution in [1.82, 2.24) is 9.78 Å². The molecule has 0 aliphatic rings. The number of aromatic nitrogens is 2. The zero-order valence-electron chi connectivity index (χ0n) is 11.0. The van der Waals surface area contributed by atoms with E-state index in [-0.39, 0.29) is 5.88 Å². The first kappa shape index (κ1) is 14.8. The van der Waals surface area contributed by atoms with Gasteiger partial charge in [0.05, 0.1) is 0 Å². The van der Waals surface area contributed by atoms with Gasteiger partial charge in [0.1, 0.15) is 0 Å². The van der Waals surface area contributed by atoms with Crippen LogP contribution in [0.4, 0.5) is 13.2 Å². The molecule has 0 spiro atoms. The SMILES string of the molecule is Cn1nc(C(F)(F)F)cc1OC(=O)C=Cc1ccccc1. The fourth-order valence-electron chi connectivity index (χ4n) is 1.55. The second kappa shape index (κ2) is 5.82. The first-order chi connectivity index (χ1) is 9.86. The summed E-state index contributed by atoms with van der Waals surface area (Å²) in [5, 5.41) is 3.24.